The molecule has 1 heterocycles. The lowest BCUT2D eigenvalue weighted by Gasteiger charge is -2.01. The van der Waals surface area contributed by atoms with Gasteiger partial charge in [-0.3, -0.25) is 0 Å². The van der Waals surface area contributed by atoms with Crippen molar-refractivity contribution in [2.45, 2.75) is 13.3 Å². The standard InChI is InChI=1S/C13H14N2O2/c1-8(13(16)17)6-10-4-5-12-11(7-10)14-9(2)15(12)3/h4-5,7H,1,6H2,2-3H3,(H,16,17). The number of hydrogen-bond acceptors (Lipinski definition) is 2. The number of fused-ring (bicyclic) bond motifs is 1. The van der Waals surface area contributed by atoms with Crippen LogP contribution in [0.1, 0.15) is 11.4 Å². The highest BCUT2D eigenvalue weighted by molar-refractivity contribution is 5.86. The minimum Gasteiger partial charge on any atom is -0.478 e. The minimum absolute atomic E-state index is 0.192. The summed E-state index contributed by atoms with van der Waals surface area (Å²) >= 11 is 0. The molecule has 0 aliphatic rings. The zero-order valence-electron chi connectivity index (χ0n) is 9.90. The van der Waals surface area contributed by atoms with Crippen molar-refractivity contribution in [3.63, 3.8) is 0 Å². The van der Waals surface area contributed by atoms with Crippen molar-refractivity contribution in [3.8, 4) is 0 Å². The Bertz CT molecular complexity index is 611. The number of aryl methyl sites for hydroxylation is 2. The van der Waals surface area contributed by atoms with Gasteiger partial charge in [-0.1, -0.05) is 12.6 Å². The summed E-state index contributed by atoms with van der Waals surface area (Å²) in [7, 11) is 1.96. The number of hydrogen-bond donors (Lipinski definition) is 1. The Morgan fingerprint density at radius 2 is 2.24 bits per heavy atom. The molecule has 2 aromatic rings. The zero-order valence-corrected chi connectivity index (χ0v) is 9.90. The molecule has 0 saturated carbocycles. The van der Waals surface area contributed by atoms with E-state index in [1.54, 1.807) is 0 Å². The average molecular weight is 230 g/mol. The van der Waals surface area contributed by atoms with E-state index >= 15 is 0 Å². The summed E-state index contributed by atoms with van der Waals surface area (Å²) in [6.07, 6.45) is 0.348. The molecule has 0 spiro atoms. The number of aliphatic carboxylic acids is 1. The van der Waals surface area contributed by atoms with E-state index in [2.05, 4.69) is 11.6 Å². The first-order valence-electron chi connectivity index (χ1n) is 5.32. The SMILES string of the molecule is C=C(Cc1ccc2c(c1)nc(C)n2C)C(=O)O. The van der Waals surface area contributed by atoms with E-state index in [1.165, 1.54) is 0 Å². The Kier molecular flexibility index (Phi) is 2.71. The van der Waals surface area contributed by atoms with Crippen molar-refractivity contribution in [1.82, 2.24) is 9.55 Å². The van der Waals surface area contributed by atoms with Crippen LogP contribution in [0.3, 0.4) is 0 Å². The van der Waals surface area contributed by atoms with Crippen molar-refractivity contribution in [1.29, 1.82) is 0 Å². The number of carboxylic acid groups (broad SMARTS) is 1. The molecule has 88 valence electrons. The van der Waals surface area contributed by atoms with E-state index in [1.807, 2.05) is 36.7 Å². The monoisotopic (exact) mass is 230 g/mol. The number of carbonyl (C=O) groups is 1. The highest BCUT2D eigenvalue weighted by Gasteiger charge is 2.08. The van der Waals surface area contributed by atoms with Gasteiger partial charge in [0.1, 0.15) is 5.82 Å². The fourth-order valence-corrected chi connectivity index (χ4v) is 1.80. The molecule has 1 aromatic carbocycles. The summed E-state index contributed by atoms with van der Waals surface area (Å²) in [4.78, 5) is 15.1. The zero-order chi connectivity index (χ0) is 12.6. The molecule has 0 atom stereocenters. The number of imidazole rings is 1. The van der Waals surface area contributed by atoms with Gasteiger partial charge in [-0.05, 0) is 24.6 Å². The Morgan fingerprint density at radius 1 is 1.53 bits per heavy atom. The molecule has 1 N–H and O–H groups in total. The minimum atomic E-state index is -0.956. The number of nitrogens with zero attached hydrogens (tertiary/aromatic N) is 2. The fourth-order valence-electron chi connectivity index (χ4n) is 1.80. The average Bonchev–Trinajstić information content (AvgIpc) is 2.54. The summed E-state index contributed by atoms with van der Waals surface area (Å²) in [5.74, 6) is -0.0171. The van der Waals surface area contributed by atoms with E-state index in [0.717, 1.165) is 22.4 Å². The predicted octanol–water partition coefficient (Wildman–Crippen LogP) is 2.07. The molecule has 0 fully saturated rings. The summed E-state index contributed by atoms with van der Waals surface area (Å²) in [6, 6.07) is 5.79. The van der Waals surface area contributed by atoms with Crippen LogP contribution in [0.5, 0.6) is 0 Å². The lowest BCUT2D eigenvalue weighted by Crippen LogP contribution is -2.02. The van der Waals surface area contributed by atoms with Crippen LogP contribution < -0.4 is 0 Å². The van der Waals surface area contributed by atoms with Gasteiger partial charge in [-0.25, -0.2) is 9.78 Å². The van der Waals surface area contributed by atoms with Gasteiger partial charge in [0.15, 0.2) is 0 Å². The first kappa shape index (κ1) is 11.4. The van der Waals surface area contributed by atoms with Crippen LogP contribution in [0.15, 0.2) is 30.4 Å². The van der Waals surface area contributed by atoms with Crippen molar-refractivity contribution in [2.24, 2.45) is 7.05 Å². The second kappa shape index (κ2) is 4.05. The molecule has 0 bridgehead atoms. The highest BCUT2D eigenvalue weighted by atomic mass is 16.4. The van der Waals surface area contributed by atoms with Gasteiger partial charge >= 0.3 is 5.97 Å². The van der Waals surface area contributed by atoms with Crippen molar-refractivity contribution in [3.05, 3.63) is 41.7 Å². The van der Waals surface area contributed by atoms with Crippen LogP contribution in [0.4, 0.5) is 0 Å². The maximum atomic E-state index is 10.7. The largest absolute Gasteiger partial charge is 0.478 e. The normalized spacial score (nSPS) is 10.7. The molecule has 0 amide bonds. The Morgan fingerprint density at radius 3 is 2.88 bits per heavy atom. The molecule has 17 heavy (non-hydrogen) atoms. The molecule has 0 unspecified atom stereocenters. The van der Waals surface area contributed by atoms with Gasteiger partial charge in [0.05, 0.1) is 11.0 Å². The molecule has 0 aliphatic heterocycles. The number of rotatable bonds is 3. The van der Waals surface area contributed by atoms with Crippen LogP contribution in [0.2, 0.25) is 0 Å². The molecule has 0 radical (unpaired) electrons. The second-order valence-corrected chi connectivity index (χ2v) is 4.13. The maximum absolute atomic E-state index is 10.7. The third kappa shape index (κ3) is 2.06. The van der Waals surface area contributed by atoms with Gasteiger partial charge < -0.3 is 9.67 Å². The van der Waals surface area contributed by atoms with E-state index in [0.29, 0.717) is 6.42 Å². The van der Waals surface area contributed by atoms with Crippen molar-refractivity contribution >= 4 is 17.0 Å². The van der Waals surface area contributed by atoms with E-state index in [4.69, 9.17) is 5.11 Å². The Labute approximate surface area is 99.2 Å². The summed E-state index contributed by atoms with van der Waals surface area (Å²) in [5.41, 5.74) is 3.05. The molecule has 4 heteroatoms. The number of carboxylic acids is 1. The topological polar surface area (TPSA) is 55.1 Å². The van der Waals surface area contributed by atoms with Crippen LogP contribution >= 0.6 is 0 Å². The summed E-state index contributed by atoms with van der Waals surface area (Å²) in [5, 5.41) is 8.79. The highest BCUT2D eigenvalue weighted by Crippen LogP contribution is 2.18. The van der Waals surface area contributed by atoms with Gasteiger partial charge in [-0.15, -0.1) is 0 Å². The molecule has 2 rings (SSSR count). The molecule has 1 aromatic heterocycles. The van der Waals surface area contributed by atoms with E-state index < -0.39 is 5.97 Å². The lowest BCUT2D eigenvalue weighted by molar-refractivity contribution is -0.132. The fraction of sp³-hybridized carbons (Fsp3) is 0.231. The summed E-state index contributed by atoms with van der Waals surface area (Å²) < 4.78 is 2.01. The van der Waals surface area contributed by atoms with Crippen LogP contribution in [-0.2, 0) is 18.3 Å². The van der Waals surface area contributed by atoms with Crippen LogP contribution in [0.25, 0.3) is 11.0 Å². The van der Waals surface area contributed by atoms with E-state index in [9.17, 15) is 4.79 Å². The third-order valence-electron chi connectivity index (χ3n) is 2.89. The number of aromatic nitrogens is 2. The van der Waals surface area contributed by atoms with E-state index in [-0.39, 0.29) is 5.57 Å². The molecule has 4 nitrogen and oxygen atoms in total. The Hall–Kier alpha value is -2.10. The van der Waals surface area contributed by atoms with Crippen LogP contribution in [-0.4, -0.2) is 20.6 Å². The van der Waals surface area contributed by atoms with Gasteiger partial charge in [-0.2, -0.15) is 0 Å². The Balaban J connectivity index is 2.38. The van der Waals surface area contributed by atoms with Gasteiger partial charge in [0.25, 0.3) is 0 Å². The molecule has 0 aliphatic carbocycles. The number of benzene rings is 1. The maximum Gasteiger partial charge on any atom is 0.331 e. The lowest BCUT2D eigenvalue weighted by atomic mass is 10.1. The first-order valence-corrected chi connectivity index (χ1v) is 5.32. The molecule has 0 saturated heterocycles. The van der Waals surface area contributed by atoms with Crippen molar-refractivity contribution < 1.29 is 9.90 Å². The first-order chi connectivity index (χ1) is 7.99. The molecular formula is C13H14N2O2. The predicted molar refractivity (Wildman–Crippen MR) is 65.9 cm³/mol. The van der Waals surface area contributed by atoms with Crippen molar-refractivity contribution in [2.75, 3.05) is 0 Å². The smallest absolute Gasteiger partial charge is 0.331 e. The quantitative estimate of drug-likeness (QED) is 0.821. The second-order valence-electron chi connectivity index (χ2n) is 4.13. The summed E-state index contributed by atoms with van der Waals surface area (Å²) in [6.45, 7) is 5.47. The van der Waals surface area contributed by atoms with Gasteiger partial charge in [0.2, 0.25) is 0 Å². The van der Waals surface area contributed by atoms with Crippen LogP contribution in [0, 0.1) is 6.92 Å². The van der Waals surface area contributed by atoms with Gasteiger partial charge in [0, 0.05) is 19.0 Å². The molecular weight excluding hydrogens is 216 g/mol. The third-order valence-corrected chi connectivity index (χ3v) is 2.89.